The molecular weight excluding hydrogens is 250 g/mol. The first-order chi connectivity index (χ1) is 9.92. The minimum absolute atomic E-state index is 0.484. The molecule has 1 fully saturated rings. The summed E-state index contributed by atoms with van der Waals surface area (Å²) in [5, 5.41) is 6.80. The summed E-state index contributed by atoms with van der Waals surface area (Å²) in [5.41, 5.74) is 1.37. The van der Waals surface area contributed by atoms with Crippen LogP contribution in [0, 0.1) is 0 Å². The van der Waals surface area contributed by atoms with E-state index in [0.29, 0.717) is 12.1 Å². The Labute approximate surface area is 121 Å². The summed E-state index contributed by atoms with van der Waals surface area (Å²) in [6, 6.07) is 4.81. The number of nitrogens with one attached hydrogen (secondary N) is 2. The van der Waals surface area contributed by atoms with Gasteiger partial charge in [-0.2, -0.15) is 0 Å². The molecule has 0 radical (unpaired) electrons. The van der Waals surface area contributed by atoms with E-state index in [9.17, 15) is 0 Å². The fourth-order valence-electron chi connectivity index (χ4n) is 2.88. The van der Waals surface area contributed by atoms with Crippen LogP contribution in [-0.2, 0) is 11.2 Å². The van der Waals surface area contributed by atoms with Crippen molar-refractivity contribution in [1.29, 1.82) is 0 Å². The normalized spacial score (nSPS) is 21.9. The monoisotopic (exact) mass is 275 g/mol. The lowest BCUT2D eigenvalue weighted by molar-refractivity contribution is 0.0169. The molecule has 1 aromatic rings. The zero-order valence-electron chi connectivity index (χ0n) is 12.1. The van der Waals surface area contributed by atoms with Gasteiger partial charge in [-0.1, -0.05) is 18.9 Å². The van der Waals surface area contributed by atoms with Gasteiger partial charge in [0, 0.05) is 31.9 Å². The molecule has 1 saturated heterocycles. The first-order valence-electron chi connectivity index (χ1n) is 7.94. The van der Waals surface area contributed by atoms with Crippen molar-refractivity contribution in [1.82, 2.24) is 10.3 Å². The average Bonchev–Trinajstić information content (AvgIpc) is 2.44. The molecule has 0 amide bonds. The molecule has 1 aromatic heterocycles. The summed E-state index contributed by atoms with van der Waals surface area (Å²) in [7, 11) is 0. The molecule has 1 atom stereocenters. The van der Waals surface area contributed by atoms with E-state index < -0.39 is 0 Å². The molecule has 0 spiro atoms. The Bertz CT molecular complexity index is 420. The summed E-state index contributed by atoms with van der Waals surface area (Å²) in [5.74, 6) is 1.10. The van der Waals surface area contributed by atoms with Gasteiger partial charge in [0.05, 0.1) is 6.10 Å². The quantitative estimate of drug-likeness (QED) is 0.750. The van der Waals surface area contributed by atoms with E-state index in [1.807, 2.05) is 12.3 Å². The second-order valence-corrected chi connectivity index (χ2v) is 5.89. The summed E-state index contributed by atoms with van der Waals surface area (Å²) < 4.78 is 5.73. The van der Waals surface area contributed by atoms with Crippen LogP contribution >= 0.6 is 0 Å². The van der Waals surface area contributed by atoms with Gasteiger partial charge in [-0.05, 0) is 37.3 Å². The predicted molar refractivity (Wildman–Crippen MR) is 81.0 cm³/mol. The van der Waals surface area contributed by atoms with Gasteiger partial charge in [0.2, 0.25) is 0 Å². The molecule has 110 valence electrons. The van der Waals surface area contributed by atoms with Crippen molar-refractivity contribution in [3.63, 3.8) is 0 Å². The fraction of sp³-hybridized carbons (Fsp3) is 0.688. The van der Waals surface area contributed by atoms with E-state index in [1.165, 1.54) is 44.1 Å². The molecule has 0 aromatic carbocycles. The van der Waals surface area contributed by atoms with E-state index in [-0.39, 0.29) is 0 Å². The Kier molecular flexibility index (Phi) is 4.87. The van der Waals surface area contributed by atoms with Crippen LogP contribution in [0.5, 0.6) is 0 Å². The molecule has 2 N–H and O–H groups in total. The topological polar surface area (TPSA) is 46.2 Å². The van der Waals surface area contributed by atoms with Crippen molar-refractivity contribution in [2.45, 2.75) is 50.7 Å². The highest BCUT2D eigenvalue weighted by Crippen LogP contribution is 2.24. The maximum Gasteiger partial charge on any atom is 0.129 e. The summed E-state index contributed by atoms with van der Waals surface area (Å²) >= 11 is 0. The number of hydrogen-bond acceptors (Lipinski definition) is 4. The van der Waals surface area contributed by atoms with Gasteiger partial charge in [0.15, 0.2) is 0 Å². The van der Waals surface area contributed by atoms with Crippen molar-refractivity contribution in [3.8, 4) is 0 Å². The number of rotatable bonds is 7. The first kappa shape index (κ1) is 13.8. The summed E-state index contributed by atoms with van der Waals surface area (Å²) in [6.07, 6.45) is 9.76. The highest BCUT2D eigenvalue weighted by molar-refractivity contribution is 5.46. The molecule has 4 nitrogen and oxygen atoms in total. The zero-order valence-corrected chi connectivity index (χ0v) is 12.1. The zero-order chi connectivity index (χ0) is 13.6. The predicted octanol–water partition coefficient (Wildman–Crippen LogP) is 2.36. The minimum Gasteiger partial charge on any atom is -0.376 e. The molecule has 3 rings (SSSR count). The molecule has 0 bridgehead atoms. The second kappa shape index (κ2) is 7.04. The lowest BCUT2D eigenvalue weighted by atomic mass is 9.97. The molecular formula is C16H25N3O. The lowest BCUT2D eigenvalue weighted by Crippen LogP contribution is -2.48. The number of anilines is 1. The van der Waals surface area contributed by atoms with Gasteiger partial charge in [0.1, 0.15) is 5.82 Å². The smallest absolute Gasteiger partial charge is 0.129 e. The van der Waals surface area contributed by atoms with Crippen LogP contribution in [0.4, 0.5) is 5.82 Å². The number of unbranched alkanes of at least 4 members (excludes halogenated alkanes) is 2. The van der Waals surface area contributed by atoms with Crippen molar-refractivity contribution in [3.05, 3.63) is 23.9 Å². The average molecular weight is 275 g/mol. The van der Waals surface area contributed by atoms with E-state index >= 15 is 0 Å². The highest BCUT2D eigenvalue weighted by atomic mass is 16.5. The Morgan fingerprint density at radius 3 is 3.05 bits per heavy atom. The molecule has 3 heterocycles. The van der Waals surface area contributed by atoms with Crippen LogP contribution in [0.15, 0.2) is 18.3 Å². The molecule has 0 unspecified atom stereocenters. The first-order valence-corrected chi connectivity index (χ1v) is 7.94. The van der Waals surface area contributed by atoms with Crippen LogP contribution in [0.3, 0.4) is 0 Å². The minimum atomic E-state index is 0.484. The van der Waals surface area contributed by atoms with E-state index in [0.717, 1.165) is 25.5 Å². The van der Waals surface area contributed by atoms with Crippen LogP contribution < -0.4 is 10.6 Å². The fourth-order valence-corrected chi connectivity index (χ4v) is 2.88. The maximum absolute atomic E-state index is 5.73. The maximum atomic E-state index is 5.73. The number of aromatic nitrogens is 1. The Balaban J connectivity index is 1.28. The van der Waals surface area contributed by atoms with E-state index in [4.69, 9.17) is 4.74 Å². The lowest BCUT2D eigenvalue weighted by Gasteiger charge is -2.27. The largest absolute Gasteiger partial charge is 0.376 e. The van der Waals surface area contributed by atoms with Gasteiger partial charge >= 0.3 is 0 Å². The van der Waals surface area contributed by atoms with Crippen molar-refractivity contribution >= 4 is 5.82 Å². The van der Waals surface area contributed by atoms with Gasteiger partial charge in [-0.15, -0.1) is 0 Å². The van der Waals surface area contributed by atoms with Gasteiger partial charge in [-0.25, -0.2) is 4.98 Å². The van der Waals surface area contributed by atoms with Gasteiger partial charge in [0.25, 0.3) is 0 Å². The molecule has 2 aliphatic rings. The van der Waals surface area contributed by atoms with Crippen LogP contribution in [-0.4, -0.2) is 36.8 Å². The number of ether oxygens (including phenoxy) is 1. The molecule has 0 saturated carbocycles. The molecule has 0 aliphatic carbocycles. The number of pyridine rings is 1. The van der Waals surface area contributed by atoms with Gasteiger partial charge < -0.3 is 15.4 Å². The number of nitrogens with zero attached hydrogens (tertiary/aromatic N) is 1. The second-order valence-electron chi connectivity index (χ2n) is 5.89. The third-order valence-corrected chi connectivity index (χ3v) is 4.29. The SMILES string of the molecule is c1cnc2c(c1)CC[C@H](CCCCCOC1CNC1)N2. The number of hydrogen-bond donors (Lipinski definition) is 2. The standard InChI is InChI=1S/C16H25N3O/c1(3-10-20-15-11-17-12-15)2-6-14-8-7-13-5-4-9-18-16(13)19-14/h4-5,9,14-15,17H,1-3,6-8,10-12H2,(H,18,19)/t14-/m0/s1. The Morgan fingerprint density at radius 1 is 1.25 bits per heavy atom. The van der Waals surface area contributed by atoms with Crippen molar-refractivity contribution in [2.75, 3.05) is 25.0 Å². The third kappa shape index (κ3) is 3.70. The summed E-state index contributed by atoms with van der Waals surface area (Å²) in [4.78, 5) is 4.43. The van der Waals surface area contributed by atoms with Crippen molar-refractivity contribution in [2.24, 2.45) is 0 Å². The van der Waals surface area contributed by atoms with Crippen molar-refractivity contribution < 1.29 is 4.74 Å². The Hall–Kier alpha value is -1.13. The number of aryl methyl sites for hydroxylation is 1. The highest BCUT2D eigenvalue weighted by Gasteiger charge is 2.18. The number of fused-ring (bicyclic) bond motifs is 1. The molecule has 2 aliphatic heterocycles. The Morgan fingerprint density at radius 2 is 2.20 bits per heavy atom. The van der Waals surface area contributed by atoms with Crippen LogP contribution in [0.25, 0.3) is 0 Å². The van der Waals surface area contributed by atoms with E-state index in [2.05, 4.69) is 21.7 Å². The third-order valence-electron chi connectivity index (χ3n) is 4.29. The molecule has 4 heteroatoms. The van der Waals surface area contributed by atoms with Crippen LogP contribution in [0.1, 0.15) is 37.7 Å². The summed E-state index contributed by atoms with van der Waals surface area (Å²) in [6.45, 7) is 3.01. The van der Waals surface area contributed by atoms with E-state index in [1.54, 1.807) is 0 Å². The van der Waals surface area contributed by atoms with Crippen LogP contribution in [0.2, 0.25) is 0 Å². The molecule has 20 heavy (non-hydrogen) atoms. The van der Waals surface area contributed by atoms with Gasteiger partial charge in [-0.3, -0.25) is 0 Å².